The maximum absolute atomic E-state index is 11.7. The molecule has 130 valence electrons. The van der Waals surface area contributed by atoms with E-state index in [-0.39, 0.29) is 18.7 Å². The Kier molecular flexibility index (Phi) is 6.19. The van der Waals surface area contributed by atoms with Crippen molar-refractivity contribution in [1.29, 1.82) is 0 Å². The lowest BCUT2D eigenvalue weighted by Gasteiger charge is -2.09. The number of hydrogen-bond acceptors (Lipinski definition) is 6. The van der Waals surface area contributed by atoms with E-state index >= 15 is 0 Å². The Morgan fingerprint density at radius 3 is 2.68 bits per heavy atom. The minimum atomic E-state index is -0.740. The summed E-state index contributed by atoms with van der Waals surface area (Å²) in [7, 11) is 0. The first-order chi connectivity index (χ1) is 12.0. The van der Waals surface area contributed by atoms with Gasteiger partial charge in [0.25, 0.3) is 0 Å². The second-order valence-corrected chi connectivity index (χ2v) is 5.26. The predicted octanol–water partition coefficient (Wildman–Crippen LogP) is 2.26. The molecule has 0 radical (unpaired) electrons. The van der Waals surface area contributed by atoms with Gasteiger partial charge in [-0.1, -0.05) is 30.3 Å². The molecule has 2 rings (SSSR count). The molecule has 0 unspecified atom stereocenters. The SMILES string of the molecule is O=C(CC[C@H](O)c1ccccc1)N/N=C\c1ccc(O)c([N+](=O)[O-])c1. The lowest BCUT2D eigenvalue weighted by Crippen LogP contribution is -2.18. The molecule has 0 bridgehead atoms. The third kappa shape index (κ3) is 5.40. The summed E-state index contributed by atoms with van der Waals surface area (Å²) in [6, 6.07) is 12.8. The minimum Gasteiger partial charge on any atom is -0.502 e. The number of nitrogens with one attached hydrogen (secondary N) is 1. The molecular weight excluding hydrogens is 326 g/mol. The van der Waals surface area contributed by atoms with Crippen LogP contribution in [0.5, 0.6) is 5.75 Å². The molecule has 2 aromatic rings. The number of amides is 1. The number of aromatic hydroxyl groups is 1. The summed E-state index contributed by atoms with van der Waals surface area (Å²) in [5.41, 5.74) is 2.93. The summed E-state index contributed by atoms with van der Waals surface area (Å²) in [4.78, 5) is 21.7. The van der Waals surface area contributed by atoms with Gasteiger partial charge in [-0.15, -0.1) is 0 Å². The number of rotatable bonds is 7. The van der Waals surface area contributed by atoms with Gasteiger partial charge >= 0.3 is 5.69 Å². The Balaban J connectivity index is 1.84. The number of carbonyl (C=O) groups excluding carboxylic acids is 1. The molecule has 0 heterocycles. The van der Waals surface area contributed by atoms with Gasteiger partial charge in [0.15, 0.2) is 5.75 Å². The molecule has 0 saturated heterocycles. The van der Waals surface area contributed by atoms with Crippen molar-refractivity contribution in [3.8, 4) is 5.75 Å². The fourth-order valence-corrected chi connectivity index (χ4v) is 2.11. The molecule has 0 saturated carbocycles. The number of phenols is 1. The van der Waals surface area contributed by atoms with Crippen molar-refractivity contribution in [3.05, 3.63) is 69.8 Å². The standard InChI is InChI=1S/C17H17N3O5/c21-15(13-4-2-1-3-5-13)8-9-17(23)19-18-11-12-6-7-16(22)14(10-12)20(24)25/h1-7,10-11,15,21-22H,8-9H2,(H,19,23)/b18-11-/t15-/m0/s1. The zero-order chi connectivity index (χ0) is 18.2. The number of carbonyl (C=O) groups is 1. The van der Waals surface area contributed by atoms with E-state index in [1.807, 2.05) is 6.07 Å². The normalized spacial score (nSPS) is 12.0. The molecule has 0 aliphatic heterocycles. The van der Waals surface area contributed by atoms with E-state index in [0.29, 0.717) is 5.56 Å². The van der Waals surface area contributed by atoms with E-state index in [1.54, 1.807) is 24.3 Å². The highest BCUT2D eigenvalue weighted by Crippen LogP contribution is 2.25. The Labute approximate surface area is 143 Å². The zero-order valence-corrected chi connectivity index (χ0v) is 13.2. The predicted molar refractivity (Wildman–Crippen MR) is 91.1 cm³/mol. The van der Waals surface area contributed by atoms with E-state index in [2.05, 4.69) is 10.5 Å². The van der Waals surface area contributed by atoms with Gasteiger partial charge in [0.2, 0.25) is 5.91 Å². The molecule has 0 aliphatic rings. The minimum absolute atomic E-state index is 0.0725. The topological polar surface area (TPSA) is 125 Å². The molecule has 2 aromatic carbocycles. The van der Waals surface area contributed by atoms with E-state index in [0.717, 1.165) is 11.6 Å². The number of aliphatic hydroxyl groups is 1. The first kappa shape index (κ1) is 18.1. The summed E-state index contributed by atoms with van der Waals surface area (Å²) >= 11 is 0. The molecule has 1 amide bonds. The van der Waals surface area contributed by atoms with Gasteiger partial charge in [-0.05, 0) is 24.1 Å². The summed E-state index contributed by atoms with van der Waals surface area (Å²) in [5, 5.41) is 33.8. The molecule has 0 spiro atoms. The molecular formula is C17H17N3O5. The van der Waals surface area contributed by atoms with Crippen molar-refractivity contribution < 1.29 is 19.9 Å². The fraction of sp³-hybridized carbons (Fsp3) is 0.176. The van der Waals surface area contributed by atoms with E-state index in [4.69, 9.17) is 0 Å². The van der Waals surface area contributed by atoms with Gasteiger partial charge in [0.1, 0.15) is 0 Å². The van der Waals surface area contributed by atoms with Crippen LogP contribution in [-0.2, 0) is 4.79 Å². The highest BCUT2D eigenvalue weighted by Gasteiger charge is 2.13. The average molecular weight is 343 g/mol. The van der Waals surface area contributed by atoms with Gasteiger partial charge in [-0.3, -0.25) is 14.9 Å². The Hall–Kier alpha value is -3.26. The maximum atomic E-state index is 11.7. The van der Waals surface area contributed by atoms with Crippen molar-refractivity contribution in [2.75, 3.05) is 0 Å². The lowest BCUT2D eigenvalue weighted by atomic mass is 10.1. The largest absolute Gasteiger partial charge is 0.502 e. The highest BCUT2D eigenvalue weighted by molar-refractivity contribution is 5.83. The number of aliphatic hydroxyl groups excluding tert-OH is 1. The number of nitro benzene ring substituents is 1. The third-order valence-corrected chi connectivity index (χ3v) is 3.43. The van der Waals surface area contributed by atoms with Gasteiger partial charge in [-0.2, -0.15) is 5.10 Å². The smallest absolute Gasteiger partial charge is 0.311 e. The van der Waals surface area contributed by atoms with E-state index in [9.17, 15) is 25.1 Å². The Morgan fingerprint density at radius 1 is 1.28 bits per heavy atom. The van der Waals surface area contributed by atoms with Crippen molar-refractivity contribution in [3.63, 3.8) is 0 Å². The van der Waals surface area contributed by atoms with Crippen molar-refractivity contribution in [2.45, 2.75) is 18.9 Å². The fourth-order valence-electron chi connectivity index (χ4n) is 2.11. The number of nitro groups is 1. The number of nitrogens with zero attached hydrogens (tertiary/aromatic N) is 2. The Morgan fingerprint density at radius 2 is 2.00 bits per heavy atom. The molecule has 25 heavy (non-hydrogen) atoms. The van der Waals surface area contributed by atoms with Crippen molar-refractivity contribution in [2.24, 2.45) is 5.10 Å². The van der Waals surface area contributed by atoms with Gasteiger partial charge in [-0.25, -0.2) is 5.43 Å². The van der Waals surface area contributed by atoms with Gasteiger partial charge < -0.3 is 10.2 Å². The van der Waals surface area contributed by atoms with Gasteiger partial charge in [0, 0.05) is 18.1 Å². The maximum Gasteiger partial charge on any atom is 0.311 e. The number of benzene rings is 2. The van der Waals surface area contributed by atoms with Gasteiger partial charge in [0.05, 0.1) is 17.2 Å². The Bertz CT molecular complexity index is 777. The molecule has 8 nitrogen and oxygen atoms in total. The average Bonchev–Trinajstić information content (AvgIpc) is 2.61. The first-order valence-electron chi connectivity index (χ1n) is 7.49. The summed E-state index contributed by atoms with van der Waals surface area (Å²) < 4.78 is 0. The molecule has 0 fully saturated rings. The number of phenolic OH excluding ortho intramolecular Hbond substituents is 1. The molecule has 0 aromatic heterocycles. The van der Waals surface area contributed by atoms with Crippen LogP contribution < -0.4 is 5.43 Å². The van der Waals surface area contributed by atoms with Crippen LogP contribution in [0.15, 0.2) is 53.6 Å². The quantitative estimate of drug-likeness (QED) is 0.404. The number of hydrazone groups is 1. The second-order valence-electron chi connectivity index (χ2n) is 5.26. The third-order valence-electron chi connectivity index (χ3n) is 3.43. The number of hydrogen-bond donors (Lipinski definition) is 3. The van der Waals surface area contributed by atoms with Crippen LogP contribution in [0.3, 0.4) is 0 Å². The van der Waals surface area contributed by atoms with E-state index < -0.39 is 22.5 Å². The molecule has 8 heteroatoms. The van der Waals surface area contributed by atoms with Crippen molar-refractivity contribution >= 4 is 17.8 Å². The first-order valence-corrected chi connectivity index (χ1v) is 7.49. The second kappa shape index (κ2) is 8.55. The van der Waals surface area contributed by atoms with Crippen LogP contribution in [0.4, 0.5) is 5.69 Å². The van der Waals surface area contributed by atoms with Crippen LogP contribution >= 0.6 is 0 Å². The van der Waals surface area contributed by atoms with E-state index in [1.165, 1.54) is 18.3 Å². The zero-order valence-electron chi connectivity index (χ0n) is 13.2. The summed E-state index contributed by atoms with van der Waals surface area (Å²) in [6.45, 7) is 0. The highest BCUT2D eigenvalue weighted by atomic mass is 16.6. The molecule has 3 N–H and O–H groups in total. The molecule has 0 aliphatic carbocycles. The lowest BCUT2D eigenvalue weighted by molar-refractivity contribution is -0.385. The van der Waals surface area contributed by atoms with Crippen LogP contribution in [0.1, 0.15) is 30.1 Å². The van der Waals surface area contributed by atoms with Crippen LogP contribution in [0, 0.1) is 10.1 Å². The van der Waals surface area contributed by atoms with Crippen molar-refractivity contribution in [1.82, 2.24) is 5.43 Å². The molecule has 1 atom stereocenters. The summed E-state index contributed by atoms with van der Waals surface area (Å²) in [6.07, 6.45) is 0.813. The monoisotopic (exact) mass is 343 g/mol. The van der Waals surface area contributed by atoms with Crippen LogP contribution in [0.2, 0.25) is 0 Å². The van der Waals surface area contributed by atoms with Crippen LogP contribution in [-0.4, -0.2) is 27.3 Å². The summed E-state index contributed by atoms with van der Waals surface area (Å²) in [5.74, 6) is -0.833. The van der Waals surface area contributed by atoms with Crippen LogP contribution in [0.25, 0.3) is 0 Å².